The molecule has 0 atom stereocenters. The van der Waals surface area contributed by atoms with Gasteiger partial charge in [-0.2, -0.15) is 0 Å². The second kappa shape index (κ2) is 6.39. The number of halogens is 1. The predicted molar refractivity (Wildman–Crippen MR) is 77.1 cm³/mol. The molecule has 0 radical (unpaired) electrons. The number of methoxy groups -OCH3 is 1. The molecular formula is C15H14ClNO3. The minimum absolute atomic E-state index is 0.168. The monoisotopic (exact) mass is 291 g/mol. The standard InChI is InChI=1S/C15H14ClNO3/c1-20-15(19)13-6-7-14(18)17(10-13)9-12-4-2-11(8-16)3-5-12/h2-7,10H,8-9H2,1H3. The molecule has 0 amide bonds. The molecule has 1 aromatic carbocycles. The van der Waals surface area contributed by atoms with Gasteiger partial charge in [-0.3, -0.25) is 4.79 Å². The van der Waals surface area contributed by atoms with Gasteiger partial charge >= 0.3 is 5.97 Å². The summed E-state index contributed by atoms with van der Waals surface area (Å²) in [6, 6.07) is 10.5. The van der Waals surface area contributed by atoms with Crippen LogP contribution in [0.25, 0.3) is 0 Å². The molecule has 0 aliphatic heterocycles. The minimum Gasteiger partial charge on any atom is -0.465 e. The Morgan fingerprint density at radius 3 is 2.40 bits per heavy atom. The average Bonchev–Trinajstić information content (AvgIpc) is 2.49. The highest BCUT2D eigenvalue weighted by molar-refractivity contribution is 6.17. The van der Waals surface area contributed by atoms with Gasteiger partial charge in [-0.1, -0.05) is 24.3 Å². The first kappa shape index (κ1) is 14.3. The number of carbonyl (C=O) groups excluding carboxylic acids is 1. The van der Waals surface area contributed by atoms with Gasteiger partial charge in [-0.15, -0.1) is 11.6 Å². The summed E-state index contributed by atoms with van der Waals surface area (Å²) in [5.41, 5.74) is 2.16. The maximum absolute atomic E-state index is 11.8. The van der Waals surface area contributed by atoms with E-state index in [0.717, 1.165) is 11.1 Å². The molecule has 0 saturated heterocycles. The summed E-state index contributed by atoms with van der Waals surface area (Å²) < 4.78 is 6.12. The number of alkyl halides is 1. The highest BCUT2D eigenvalue weighted by Gasteiger charge is 2.07. The fraction of sp³-hybridized carbons (Fsp3) is 0.200. The maximum atomic E-state index is 11.8. The zero-order valence-corrected chi connectivity index (χ0v) is 11.8. The van der Waals surface area contributed by atoms with Gasteiger partial charge in [0.2, 0.25) is 0 Å². The van der Waals surface area contributed by atoms with Gasteiger partial charge in [0.1, 0.15) is 0 Å². The van der Waals surface area contributed by atoms with E-state index in [0.29, 0.717) is 18.0 Å². The van der Waals surface area contributed by atoms with Crippen molar-refractivity contribution in [2.75, 3.05) is 7.11 Å². The third-order valence-corrected chi connectivity index (χ3v) is 3.24. The summed E-state index contributed by atoms with van der Waals surface area (Å²) >= 11 is 5.73. The second-order valence-electron chi connectivity index (χ2n) is 4.33. The van der Waals surface area contributed by atoms with E-state index in [-0.39, 0.29) is 5.56 Å². The van der Waals surface area contributed by atoms with Crippen LogP contribution in [0, 0.1) is 0 Å². The van der Waals surface area contributed by atoms with Gasteiger partial charge in [-0.05, 0) is 17.2 Å². The van der Waals surface area contributed by atoms with E-state index in [9.17, 15) is 9.59 Å². The Labute approximate surface area is 121 Å². The van der Waals surface area contributed by atoms with Crippen LogP contribution in [0.1, 0.15) is 21.5 Å². The topological polar surface area (TPSA) is 48.3 Å². The van der Waals surface area contributed by atoms with Gasteiger partial charge in [0.05, 0.1) is 19.2 Å². The molecule has 4 nitrogen and oxygen atoms in total. The van der Waals surface area contributed by atoms with Crippen molar-refractivity contribution in [1.29, 1.82) is 0 Å². The Balaban J connectivity index is 2.27. The zero-order chi connectivity index (χ0) is 14.5. The molecular weight excluding hydrogens is 278 g/mol. The van der Waals surface area contributed by atoms with Crippen molar-refractivity contribution in [2.24, 2.45) is 0 Å². The molecule has 0 fully saturated rings. The normalized spacial score (nSPS) is 10.3. The molecule has 5 heteroatoms. The Hall–Kier alpha value is -2.07. The van der Waals surface area contributed by atoms with Crippen LogP contribution in [-0.4, -0.2) is 17.6 Å². The molecule has 0 bridgehead atoms. The van der Waals surface area contributed by atoms with E-state index < -0.39 is 5.97 Å². The lowest BCUT2D eigenvalue weighted by molar-refractivity contribution is 0.0599. The number of hydrogen-bond acceptors (Lipinski definition) is 3. The van der Waals surface area contributed by atoms with E-state index >= 15 is 0 Å². The number of nitrogens with zero attached hydrogens (tertiary/aromatic N) is 1. The Morgan fingerprint density at radius 2 is 1.80 bits per heavy atom. The average molecular weight is 292 g/mol. The van der Waals surface area contributed by atoms with Gasteiger partial charge < -0.3 is 9.30 Å². The van der Waals surface area contributed by atoms with Crippen LogP contribution in [0.3, 0.4) is 0 Å². The lowest BCUT2D eigenvalue weighted by atomic mass is 10.1. The quantitative estimate of drug-likeness (QED) is 0.642. The van der Waals surface area contributed by atoms with E-state index in [4.69, 9.17) is 11.6 Å². The van der Waals surface area contributed by atoms with Crippen molar-refractivity contribution < 1.29 is 9.53 Å². The first-order valence-electron chi connectivity index (χ1n) is 6.06. The van der Waals surface area contributed by atoms with E-state index in [1.807, 2.05) is 24.3 Å². The van der Waals surface area contributed by atoms with Crippen LogP contribution in [0.5, 0.6) is 0 Å². The Bertz CT molecular complexity index is 662. The lowest BCUT2D eigenvalue weighted by Crippen LogP contribution is -2.21. The molecule has 0 N–H and O–H groups in total. The molecule has 2 rings (SSSR count). The van der Waals surface area contributed by atoms with Crippen molar-refractivity contribution in [1.82, 2.24) is 4.57 Å². The van der Waals surface area contributed by atoms with Crippen molar-refractivity contribution in [2.45, 2.75) is 12.4 Å². The number of hydrogen-bond donors (Lipinski definition) is 0. The van der Waals surface area contributed by atoms with Crippen LogP contribution in [-0.2, 0) is 17.2 Å². The van der Waals surface area contributed by atoms with E-state index in [1.165, 1.54) is 30.0 Å². The lowest BCUT2D eigenvalue weighted by Gasteiger charge is -2.08. The summed E-state index contributed by atoms with van der Waals surface area (Å²) in [5, 5.41) is 0. The molecule has 0 saturated carbocycles. The zero-order valence-electron chi connectivity index (χ0n) is 11.0. The molecule has 0 unspecified atom stereocenters. The van der Waals surface area contributed by atoms with Crippen LogP contribution in [0.2, 0.25) is 0 Å². The number of carbonyl (C=O) groups is 1. The summed E-state index contributed by atoms with van der Waals surface area (Å²) in [6.45, 7) is 0.395. The smallest absolute Gasteiger partial charge is 0.339 e. The van der Waals surface area contributed by atoms with E-state index in [1.54, 1.807) is 0 Å². The Morgan fingerprint density at radius 1 is 1.15 bits per heavy atom. The van der Waals surface area contributed by atoms with Gasteiger partial charge in [0, 0.05) is 18.1 Å². The van der Waals surface area contributed by atoms with Crippen LogP contribution >= 0.6 is 11.6 Å². The first-order chi connectivity index (χ1) is 9.63. The number of esters is 1. The fourth-order valence-electron chi connectivity index (χ4n) is 1.82. The highest BCUT2D eigenvalue weighted by atomic mass is 35.5. The highest BCUT2D eigenvalue weighted by Crippen LogP contribution is 2.08. The third-order valence-electron chi connectivity index (χ3n) is 2.93. The maximum Gasteiger partial charge on any atom is 0.339 e. The molecule has 2 aromatic rings. The number of benzene rings is 1. The van der Waals surface area contributed by atoms with Crippen molar-refractivity contribution >= 4 is 17.6 Å². The molecule has 1 heterocycles. The summed E-state index contributed by atoms with van der Waals surface area (Å²) in [4.78, 5) is 23.3. The molecule has 104 valence electrons. The number of rotatable bonds is 4. The molecule has 20 heavy (non-hydrogen) atoms. The molecule has 0 spiro atoms. The van der Waals surface area contributed by atoms with E-state index in [2.05, 4.69) is 4.74 Å². The molecule has 0 aliphatic carbocycles. The minimum atomic E-state index is -0.462. The van der Waals surface area contributed by atoms with Crippen LogP contribution in [0.4, 0.5) is 0 Å². The van der Waals surface area contributed by atoms with Crippen LogP contribution < -0.4 is 5.56 Å². The summed E-state index contributed by atoms with van der Waals surface area (Å²) in [6.07, 6.45) is 1.50. The van der Waals surface area contributed by atoms with Crippen molar-refractivity contribution in [3.8, 4) is 0 Å². The number of aromatic nitrogens is 1. The summed E-state index contributed by atoms with van der Waals surface area (Å²) in [7, 11) is 1.31. The first-order valence-corrected chi connectivity index (χ1v) is 6.60. The Kier molecular flexibility index (Phi) is 4.58. The van der Waals surface area contributed by atoms with Gasteiger partial charge in [0.15, 0.2) is 0 Å². The molecule has 0 aliphatic rings. The van der Waals surface area contributed by atoms with Gasteiger partial charge in [-0.25, -0.2) is 4.79 Å². The van der Waals surface area contributed by atoms with Gasteiger partial charge in [0.25, 0.3) is 5.56 Å². The third kappa shape index (κ3) is 3.27. The summed E-state index contributed by atoms with van der Waals surface area (Å²) in [5.74, 6) is -0.00541. The van der Waals surface area contributed by atoms with Crippen LogP contribution in [0.15, 0.2) is 47.4 Å². The second-order valence-corrected chi connectivity index (χ2v) is 4.59. The van der Waals surface area contributed by atoms with Crippen molar-refractivity contribution in [3.63, 3.8) is 0 Å². The predicted octanol–water partition coefficient (Wildman–Crippen LogP) is 2.42. The molecule has 1 aromatic heterocycles. The largest absolute Gasteiger partial charge is 0.465 e. The van der Waals surface area contributed by atoms with Crippen molar-refractivity contribution in [3.05, 3.63) is 69.6 Å². The fourth-order valence-corrected chi connectivity index (χ4v) is 2.00. The number of pyridine rings is 1. The number of ether oxygens (including phenoxy) is 1. The SMILES string of the molecule is COC(=O)c1ccc(=O)n(Cc2ccc(CCl)cc2)c1.